The lowest BCUT2D eigenvalue weighted by atomic mass is 9.82. The van der Waals surface area contributed by atoms with Crippen LogP contribution in [-0.2, 0) is 0 Å². The molecule has 6 aliphatic carbocycles. The molecule has 0 atom stereocenters. The summed E-state index contributed by atoms with van der Waals surface area (Å²) in [4.78, 5) is 28.6. The van der Waals surface area contributed by atoms with Gasteiger partial charge in [0.15, 0.2) is 11.6 Å². The zero-order valence-electron chi connectivity index (χ0n) is 33.4. The number of Topliss-reactive ketones (excluding diaryl/α,β-unsaturated/α-hetero) is 2. The van der Waals surface area contributed by atoms with Crippen LogP contribution >= 0.6 is 0 Å². The van der Waals surface area contributed by atoms with E-state index < -0.39 is 0 Å². The van der Waals surface area contributed by atoms with E-state index in [1.807, 2.05) is 0 Å². The second-order valence-electron chi connectivity index (χ2n) is 18.5. The van der Waals surface area contributed by atoms with Crippen LogP contribution in [-0.4, -0.2) is 20.5 Å². The fourth-order valence-electron chi connectivity index (χ4n) is 12.6. The first-order valence-electron chi connectivity index (χ1n) is 22.2. The molecule has 60 heavy (non-hydrogen) atoms. The summed E-state index contributed by atoms with van der Waals surface area (Å²) in [6.45, 7) is 0. The summed E-state index contributed by atoms with van der Waals surface area (Å²) >= 11 is 0. The highest BCUT2D eigenvalue weighted by atomic mass is 16.1. The molecule has 288 valence electrons. The molecule has 0 radical (unpaired) electrons. The molecule has 4 nitrogen and oxygen atoms in total. The third-order valence-corrected chi connectivity index (χ3v) is 15.6. The predicted octanol–water partition coefficient (Wildman–Crippen LogP) is 14.2. The molecule has 7 aromatic carbocycles. The SMILES string of the molecule is O=C1c2cc3c(cc2C2CCC1CC2)c1cc2c(c4cc(-c5ccccc5)ccc4n2-c2ccc(-c4ccccc4)cc2)c2c4cc5c(cc4n3c12)C(=O)C1CCC5CC1. The van der Waals surface area contributed by atoms with Gasteiger partial charge in [-0.3, -0.25) is 9.59 Å². The summed E-state index contributed by atoms with van der Waals surface area (Å²) in [5.74, 6) is 1.70. The van der Waals surface area contributed by atoms with Gasteiger partial charge in [-0.2, -0.15) is 0 Å². The van der Waals surface area contributed by atoms with Gasteiger partial charge in [0.05, 0.1) is 27.6 Å². The molecule has 4 bridgehead atoms. The lowest BCUT2D eigenvalue weighted by Gasteiger charge is -2.22. The van der Waals surface area contributed by atoms with Gasteiger partial charge in [0.25, 0.3) is 0 Å². The Kier molecular flexibility index (Phi) is 6.69. The Hall–Kier alpha value is -6.52. The Labute approximate surface area is 347 Å². The van der Waals surface area contributed by atoms with Crippen LogP contribution in [0.15, 0.2) is 133 Å². The maximum absolute atomic E-state index is 14.3. The zero-order chi connectivity index (χ0) is 39.4. The fourth-order valence-corrected chi connectivity index (χ4v) is 12.6. The van der Waals surface area contributed by atoms with Gasteiger partial charge in [-0.05, 0) is 151 Å². The Balaban J connectivity index is 1.16. The number of rotatable bonds is 3. The van der Waals surface area contributed by atoms with Gasteiger partial charge in [0.1, 0.15) is 0 Å². The highest BCUT2D eigenvalue weighted by molar-refractivity contribution is 6.36. The lowest BCUT2D eigenvalue weighted by Crippen LogP contribution is -2.15. The van der Waals surface area contributed by atoms with Gasteiger partial charge in [-0.15, -0.1) is 0 Å². The van der Waals surface area contributed by atoms with E-state index in [-0.39, 0.29) is 11.8 Å². The molecule has 3 aromatic heterocycles. The minimum absolute atomic E-state index is 0.115. The summed E-state index contributed by atoms with van der Waals surface area (Å²) < 4.78 is 4.93. The van der Waals surface area contributed by atoms with Crippen LogP contribution < -0.4 is 0 Å². The molecule has 2 fully saturated rings. The van der Waals surface area contributed by atoms with Crippen LogP contribution in [0, 0.1) is 11.8 Å². The number of hydrogen-bond acceptors (Lipinski definition) is 2. The van der Waals surface area contributed by atoms with Crippen molar-refractivity contribution in [3.63, 3.8) is 0 Å². The van der Waals surface area contributed by atoms with Crippen LogP contribution in [0.4, 0.5) is 0 Å². The maximum atomic E-state index is 14.3. The van der Waals surface area contributed by atoms with E-state index in [2.05, 4.69) is 142 Å². The van der Waals surface area contributed by atoms with Crippen LogP contribution in [0.3, 0.4) is 0 Å². The summed E-state index contributed by atoms with van der Waals surface area (Å²) in [6.07, 6.45) is 8.26. The smallest absolute Gasteiger partial charge is 0.166 e. The molecule has 16 rings (SSSR count). The normalized spacial score (nSPS) is 21.2. The number of benzene rings is 7. The predicted molar refractivity (Wildman–Crippen MR) is 244 cm³/mol. The van der Waals surface area contributed by atoms with Gasteiger partial charge >= 0.3 is 0 Å². The number of aromatic nitrogens is 2. The van der Waals surface area contributed by atoms with Crippen LogP contribution in [0.5, 0.6) is 0 Å². The van der Waals surface area contributed by atoms with Crippen LogP contribution in [0.1, 0.15) is 95.0 Å². The molecule has 0 aliphatic heterocycles. The summed E-state index contributed by atoms with van der Waals surface area (Å²) in [7, 11) is 0. The molecule has 0 N–H and O–H groups in total. The number of hydrogen-bond donors (Lipinski definition) is 0. The van der Waals surface area contributed by atoms with Crippen molar-refractivity contribution in [3.8, 4) is 27.9 Å². The Morgan fingerprint density at radius 2 is 0.883 bits per heavy atom. The topological polar surface area (TPSA) is 43.5 Å². The van der Waals surface area contributed by atoms with Gasteiger partial charge in [-0.25, -0.2) is 0 Å². The Morgan fingerprint density at radius 1 is 0.383 bits per heavy atom. The molecule has 3 heterocycles. The van der Waals surface area contributed by atoms with Gasteiger partial charge < -0.3 is 8.97 Å². The number of ketones is 2. The zero-order valence-corrected chi connectivity index (χ0v) is 33.4. The fraction of sp³-hybridized carbons (Fsp3) is 0.214. The summed E-state index contributed by atoms with van der Waals surface area (Å²) in [5, 5.41) is 7.35. The number of carbonyl (C=O) groups excluding carboxylic acids is 2. The first kappa shape index (κ1) is 33.3. The molecule has 0 spiro atoms. The van der Waals surface area contributed by atoms with Crippen molar-refractivity contribution < 1.29 is 9.59 Å². The first-order chi connectivity index (χ1) is 29.6. The van der Waals surface area contributed by atoms with Crippen molar-refractivity contribution >= 4 is 71.5 Å². The van der Waals surface area contributed by atoms with Gasteiger partial charge in [-0.1, -0.05) is 78.9 Å². The van der Waals surface area contributed by atoms with E-state index in [9.17, 15) is 9.59 Å². The third-order valence-electron chi connectivity index (χ3n) is 15.6. The molecule has 6 aliphatic rings. The molecule has 10 aromatic rings. The van der Waals surface area contributed by atoms with Crippen molar-refractivity contribution in [2.45, 2.75) is 63.2 Å². The van der Waals surface area contributed by atoms with Crippen molar-refractivity contribution in [1.29, 1.82) is 0 Å². The third kappa shape index (κ3) is 4.41. The van der Waals surface area contributed by atoms with Gasteiger partial charge in [0.2, 0.25) is 0 Å². The van der Waals surface area contributed by atoms with E-state index in [1.54, 1.807) is 0 Å². The molecule has 2 saturated carbocycles. The van der Waals surface area contributed by atoms with E-state index in [1.165, 1.54) is 82.2 Å². The highest BCUT2D eigenvalue weighted by Crippen LogP contribution is 2.52. The second kappa shape index (κ2) is 12.0. The molecule has 0 amide bonds. The second-order valence-corrected chi connectivity index (χ2v) is 18.5. The number of nitrogens with zero attached hydrogens (tertiary/aromatic N) is 2. The minimum Gasteiger partial charge on any atom is -0.309 e. The molecule has 4 heteroatoms. The summed E-state index contributed by atoms with van der Waals surface area (Å²) in [6, 6.07) is 49.2. The van der Waals surface area contributed by atoms with Crippen LogP contribution in [0.25, 0.3) is 87.8 Å². The molecular weight excluding hydrogens is 733 g/mol. The highest BCUT2D eigenvalue weighted by Gasteiger charge is 2.38. The monoisotopic (exact) mass is 774 g/mol. The van der Waals surface area contributed by atoms with Crippen molar-refractivity contribution in [2.75, 3.05) is 0 Å². The number of fused-ring (bicyclic) bond motifs is 14. The Bertz CT molecular complexity index is 3460. The molecule has 0 saturated heterocycles. The number of carbonyl (C=O) groups is 2. The standard InChI is InChI=1S/C56H42N2O2/c59-55-36-15-11-34(12-16-36)40-26-42-43-28-51-52(53-47-27-41-35-13-17-37(18-14-35)56(60)45(41)30-50(47)58(54(43)53)49(42)29-44(40)55)46-25-38(32-9-5-2-6-10-32)21-24-48(46)57(51)39-22-19-33(20-23-39)31-7-3-1-4-8-31/h1-10,19-30,34-37H,11-18H2. The van der Waals surface area contributed by atoms with E-state index in [0.717, 1.165) is 79.2 Å². The Morgan fingerprint density at radius 3 is 1.50 bits per heavy atom. The van der Waals surface area contributed by atoms with E-state index in [4.69, 9.17) is 0 Å². The minimum atomic E-state index is 0.115. The summed E-state index contributed by atoms with van der Waals surface area (Å²) in [5.41, 5.74) is 16.0. The average Bonchev–Trinajstić information content (AvgIpc) is 3.81. The van der Waals surface area contributed by atoms with Crippen molar-refractivity contribution in [2.24, 2.45) is 11.8 Å². The lowest BCUT2D eigenvalue weighted by molar-refractivity contribution is 0.0891. The van der Waals surface area contributed by atoms with Crippen LogP contribution in [0.2, 0.25) is 0 Å². The molecule has 0 unspecified atom stereocenters. The van der Waals surface area contributed by atoms with Crippen molar-refractivity contribution in [1.82, 2.24) is 8.97 Å². The average molecular weight is 775 g/mol. The largest absolute Gasteiger partial charge is 0.309 e. The van der Waals surface area contributed by atoms with E-state index >= 15 is 0 Å². The molecular formula is C56H42N2O2. The quantitative estimate of drug-likeness (QED) is 0.179. The maximum Gasteiger partial charge on any atom is 0.166 e. The van der Waals surface area contributed by atoms with E-state index in [0.29, 0.717) is 23.4 Å². The van der Waals surface area contributed by atoms with Crippen molar-refractivity contribution in [3.05, 3.63) is 156 Å². The van der Waals surface area contributed by atoms with Gasteiger partial charge in [0, 0.05) is 61.0 Å². The first-order valence-corrected chi connectivity index (χ1v) is 22.2.